The van der Waals surface area contributed by atoms with Crippen LogP contribution in [-0.2, 0) is 0 Å². The zero-order valence-corrected chi connectivity index (χ0v) is 10.6. The Kier molecular flexibility index (Phi) is 4.87. The van der Waals surface area contributed by atoms with Gasteiger partial charge in [0.2, 0.25) is 0 Å². The van der Waals surface area contributed by atoms with E-state index in [1.807, 2.05) is 0 Å². The number of hydrogen-bond donors (Lipinski definition) is 1. The Morgan fingerprint density at radius 3 is 2.71 bits per heavy atom. The molecule has 1 heterocycles. The fourth-order valence-electron chi connectivity index (χ4n) is 1.75. The van der Waals surface area contributed by atoms with Crippen molar-refractivity contribution >= 4 is 11.5 Å². The summed E-state index contributed by atoms with van der Waals surface area (Å²) in [6.45, 7) is 5.98. The number of pyridine rings is 1. The van der Waals surface area contributed by atoms with Crippen molar-refractivity contribution in [3.8, 4) is 0 Å². The van der Waals surface area contributed by atoms with E-state index in [0.29, 0.717) is 17.4 Å². The van der Waals surface area contributed by atoms with Gasteiger partial charge >= 0.3 is 0 Å². The molecule has 0 amide bonds. The maximum absolute atomic E-state index is 10.7. The van der Waals surface area contributed by atoms with Crippen LogP contribution in [0.15, 0.2) is 12.3 Å². The number of nitrogens with zero attached hydrogens (tertiary/aromatic N) is 2. The lowest BCUT2D eigenvalue weighted by Gasteiger charge is -2.16. The number of nitrogens with one attached hydrogen (secondary N) is 1. The molecule has 1 rings (SSSR count). The summed E-state index contributed by atoms with van der Waals surface area (Å²) < 4.78 is 0. The third-order valence-corrected chi connectivity index (χ3v) is 2.76. The molecule has 1 atom stereocenters. The van der Waals surface area contributed by atoms with Crippen molar-refractivity contribution in [2.24, 2.45) is 0 Å². The van der Waals surface area contributed by atoms with Crippen molar-refractivity contribution in [3.63, 3.8) is 0 Å². The normalized spacial score (nSPS) is 12.2. The summed E-state index contributed by atoms with van der Waals surface area (Å²) in [6.07, 6.45) is 4.52. The number of rotatable bonds is 6. The monoisotopic (exact) mass is 237 g/mol. The molecule has 17 heavy (non-hydrogen) atoms. The van der Waals surface area contributed by atoms with E-state index in [9.17, 15) is 10.1 Å². The van der Waals surface area contributed by atoms with Gasteiger partial charge in [-0.3, -0.25) is 10.1 Å². The zero-order chi connectivity index (χ0) is 12.8. The van der Waals surface area contributed by atoms with Crippen LogP contribution in [0, 0.1) is 17.0 Å². The van der Waals surface area contributed by atoms with Crippen LogP contribution in [0.2, 0.25) is 0 Å². The first kappa shape index (κ1) is 13.4. The lowest BCUT2D eigenvalue weighted by Crippen LogP contribution is -2.18. The second kappa shape index (κ2) is 6.18. The molecule has 94 valence electrons. The standard InChI is InChI=1S/C12H19N3O2/c1-4-6-10(5-2)14-12-7-9(3)11(8-13-12)15(16)17/h7-8,10H,4-6H2,1-3H3,(H,13,14). The first-order valence-corrected chi connectivity index (χ1v) is 5.96. The van der Waals surface area contributed by atoms with Crippen molar-refractivity contribution in [1.29, 1.82) is 0 Å². The summed E-state index contributed by atoms with van der Waals surface area (Å²) in [6, 6.07) is 2.12. The van der Waals surface area contributed by atoms with Gasteiger partial charge < -0.3 is 5.32 Å². The van der Waals surface area contributed by atoms with E-state index >= 15 is 0 Å². The summed E-state index contributed by atoms with van der Waals surface area (Å²) >= 11 is 0. The van der Waals surface area contributed by atoms with Gasteiger partial charge in [0.15, 0.2) is 0 Å². The maximum atomic E-state index is 10.7. The molecule has 0 radical (unpaired) electrons. The van der Waals surface area contributed by atoms with Gasteiger partial charge in [0.25, 0.3) is 5.69 Å². The average molecular weight is 237 g/mol. The Morgan fingerprint density at radius 1 is 1.53 bits per heavy atom. The molecule has 1 N–H and O–H groups in total. The molecule has 0 fully saturated rings. The van der Waals surface area contributed by atoms with Gasteiger partial charge in [-0.25, -0.2) is 4.98 Å². The lowest BCUT2D eigenvalue weighted by atomic mass is 10.1. The third-order valence-electron chi connectivity index (χ3n) is 2.76. The molecule has 1 aromatic heterocycles. The van der Waals surface area contributed by atoms with E-state index in [4.69, 9.17) is 0 Å². The highest BCUT2D eigenvalue weighted by atomic mass is 16.6. The van der Waals surface area contributed by atoms with Gasteiger partial charge in [0, 0.05) is 11.6 Å². The summed E-state index contributed by atoms with van der Waals surface area (Å²) in [5.74, 6) is 0.716. The topological polar surface area (TPSA) is 68.1 Å². The number of anilines is 1. The predicted molar refractivity (Wildman–Crippen MR) is 68.2 cm³/mol. The number of nitro groups is 1. The maximum Gasteiger partial charge on any atom is 0.290 e. The van der Waals surface area contributed by atoms with Crippen molar-refractivity contribution in [3.05, 3.63) is 27.9 Å². The molecule has 0 saturated carbocycles. The minimum Gasteiger partial charge on any atom is -0.367 e. The molecule has 5 heteroatoms. The molecule has 1 unspecified atom stereocenters. The molecule has 0 spiro atoms. The largest absolute Gasteiger partial charge is 0.367 e. The average Bonchev–Trinajstić information content (AvgIpc) is 2.28. The molecule has 0 bridgehead atoms. The van der Waals surface area contributed by atoms with Gasteiger partial charge in [-0.15, -0.1) is 0 Å². The highest BCUT2D eigenvalue weighted by Gasteiger charge is 2.12. The molecule has 0 saturated heterocycles. The molecule has 1 aromatic rings. The fraction of sp³-hybridized carbons (Fsp3) is 0.583. The molecular formula is C12H19N3O2. The van der Waals surface area contributed by atoms with Crippen molar-refractivity contribution < 1.29 is 4.92 Å². The quantitative estimate of drug-likeness (QED) is 0.609. The Labute approximate surface area is 101 Å². The van der Waals surface area contributed by atoms with Crippen molar-refractivity contribution in [2.75, 3.05) is 5.32 Å². The van der Waals surface area contributed by atoms with Crippen molar-refractivity contribution in [1.82, 2.24) is 4.98 Å². The predicted octanol–water partition coefficient (Wildman–Crippen LogP) is 3.29. The zero-order valence-electron chi connectivity index (χ0n) is 10.6. The van der Waals surface area contributed by atoms with Crippen LogP contribution in [0.4, 0.5) is 11.5 Å². The third kappa shape index (κ3) is 3.69. The molecule has 0 aliphatic carbocycles. The second-order valence-corrected chi connectivity index (χ2v) is 4.15. The van der Waals surface area contributed by atoms with Crippen LogP contribution < -0.4 is 5.32 Å². The Bertz CT molecular complexity index is 393. The van der Waals surface area contributed by atoms with Gasteiger partial charge in [-0.1, -0.05) is 20.3 Å². The highest BCUT2D eigenvalue weighted by molar-refractivity contribution is 5.47. The van der Waals surface area contributed by atoms with Crippen LogP contribution >= 0.6 is 0 Å². The van der Waals surface area contributed by atoms with Gasteiger partial charge in [-0.2, -0.15) is 0 Å². The summed E-state index contributed by atoms with van der Waals surface area (Å²) in [5, 5.41) is 14.0. The van der Waals surface area contributed by atoms with Gasteiger partial charge in [0.1, 0.15) is 12.0 Å². The van der Waals surface area contributed by atoms with Gasteiger partial charge in [0.05, 0.1) is 4.92 Å². The first-order valence-electron chi connectivity index (χ1n) is 5.96. The van der Waals surface area contributed by atoms with Crippen LogP contribution in [-0.4, -0.2) is 15.9 Å². The minimum absolute atomic E-state index is 0.0686. The van der Waals surface area contributed by atoms with E-state index in [2.05, 4.69) is 24.1 Å². The van der Waals surface area contributed by atoms with Crippen molar-refractivity contribution in [2.45, 2.75) is 46.1 Å². The Morgan fingerprint density at radius 2 is 2.24 bits per heavy atom. The smallest absolute Gasteiger partial charge is 0.290 e. The van der Waals surface area contributed by atoms with Gasteiger partial charge in [-0.05, 0) is 25.8 Å². The lowest BCUT2D eigenvalue weighted by molar-refractivity contribution is -0.385. The molecule has 5 nitrogen and oxygen atoms in total. The molecule has 0 aromatic carbocycles. The highest BCUT2D eigenvalue weighted by Crippen LogP contribution is 2.20. The summed E-state index contributed by atoms with van der Waals surface area (Å²) in [5.41, 5.74) is 0.706. The molecule has 0 aliphatic rings. The second-order valence-electron chi connectivity index (χ2n) is 4.15. The first-order chi connectivity index (χ1) is 8.08. The Hall–Kier alpha value is -1.65. The summed E-state index contributed by atoms with van der Waals surface area (Å²) in [7, 11) is 0. The number of aryl methyl sites for hydroxylation is 1. The van der Waals surface area contributed by atoms with Crippen LogP contribution in [0.25, 0.3) is 0 Å². The number of aromatic nitrogens is 1. The minimum atomic E-state index is -0.407. The fourth-order valence-corrected chi connectivity index (χ4v) is 1.75. The SMILES string of the molecule is CCCC(CC)Nc1cc(C)c([N+](=O)[O-])cn1. The van der Waals surface area contributed by atoms with E-state index in [1.54, 1.807) is 13.0 Å². The molecular weight excluding hydrogens is 218 g/mol. The number of hydrogen-bond acceptors (Lipinski definition) is 4. The van der Waals surface area contributed by atoms with E-state index in [1.165, 1.54) is 6.20 Å². The van der Waals surface area contributed by atoms with E-state index in [0.717, 1.165) is 19.3 Å². The summed E-state index contributed by atoms with van der Waals surface area (Å²) in [4.78, 5) is 14.3. The van der Waals surface area contributed by atoms with Crippen LogP contribution in [0.5, 0.6) is 0 Å². The van der Waals surface area contributed by atoms with E-state index in [-0.39, 0.29) is 5.69 Å². The van der Waals surface area contributed by atoms with E-state index < -0.39 is 4.92 Å². The van der Waals surface area contributed by atoms with Crippen LogP contribution in [0.3, 0.4) is 0 Å². The molecule has 0 aliphatic heterocycles. The Balaban J connectivity index is 2.79. The van der Waals surface area contributed by atoms with Crippen LogP contribution in [0.1, 0.15) is 38.7 Å².